The molecule has 0 spiro atoms. The predicted molar refractivity (Wildman–Crippen MR) is 148 cm³/mol. The van der Waals surface area contributed by atoms with Gasteiger partial charge >= 0.3 is 0 Å². The van der Waals surface area contributed by atoms with Crippen LogP contribution in [0.1, 0.15) is 17.2 Å². The molecule has 5 aromatic rings. The first-order valence-electron chi connectivity index (χ1n) is 13.0. The monoisotopic (exact) mass is 492 g/mol. The van der Waals surface area contributed by atoms with Crippen molar-refractivity contribution < 1.29 is 14.3 Å². The second-order valence-electron chi connectivity index (χ2n) is 9.78. The summed E-state index contributed by atoms with van der Waals surface area (Å²) in [6, 6.07) is 35.6. The van der Waals surface area contributed by atoms with Gasteiger partial charge in [-0.2, -0.15) is 0 Å². The average molecular weight is 493 g/mol. The maximum Gasteiger partial charge on any atom is 0.135 e. The minimum absolute atomic E-state index is 0.242. The molecule has 5 heteroatoms. The summed E-state index contributed by atoms with van der Waals surface area (Å²) in [5.41, 5.74) is 4.35. The number of piperazine rings is 1. The number of furan rings is 1. The third-order valence-corrected chi connectivity index (χ3v) is 7.26. The lowest BCUT2D eigenvalue weighted by atomic mass is 9.96. The highest BCUT2D eigenvalue weighted by Gasteiger charge is 2.27. The minimum Gasteiger partial charge on any atom is -0.491 e. The van der Waals surface area contributed by atoms with E-state index in [1.165, 1.54) is 11.1 Å². The zero-order valence-corrected chi connectivity index (χ0v) is 20.9. The van der Waals surface area contributed by atoms with E-state index in [4.69, 9.17) is 9.15 Å². The van der Waals surface area contributed by atoms with E-state index < -0.39 is 6.10 Å². The van der Waals surface area contributed by atoms with Crippen LogP contribution >= 0.6 is 0 Å². The van der Waals surface area contributed by atoms with Gasteiger partial charge in [0.1, 0.15) is 29.6 Å². The van der Waals surface area contributed by atoms with Crippen molar-refractivity contribution in [2.45, 2.75) is 12.1 Å². The fourth-order valence-corrected chi connectivity index (χ4v) is 5.43. The van der Waals surface area contributed by atoms with E-state index >= 15 is 0 Å². The number of aliphatic hydroxyl groups is 1. The van der Waals surface area contributed by atoms with Crippen molar-refractivity contribution in [3.8, 4) is 5.75 Å². The molecule has 0 bridgehead atoms. The second-order valence-corrected chi connectivity index (χ2v) is 9.78. The molecule has 1 aliphatic rings. The van der Waals surface area contributed by atoms with Crippen LogP contribution in [0.2, 0.25) is 0 Å². The summed E-state index contributed by atoms with van der Waals surface area (Å²) in [5.74, 6) is 0.747. The van der Waals surface area contributed by atoms with Gasteiger partial charge in [0.25, 0.3) is 0 Å². The molecule has 188 valence electrons. The highest BCUT2D eigenvalue weighted by molar-refractivity contribution is 6.05. The van der Waals surface area contributed by atoms with Crippen molar-refractivity contribution in [2.24, 2.45) is 0 Å². The van der Waals surface area contributed by atoms with Crippen molar-refractivity contribution >= 4 is 21.9 Å². The molecule has 0 amide bonds. The van der Waals surface area contributed by atoms with Gasteiger partial charge in [0.05, 0.1) is 6.04 Å². The van der Waals surface area contributed by atoms with Crippen LogP contribution in [-0.4, -0.2) is 60.3 Å². The number of β-amino-alcohol motifs (C(OH)–C–C–N with tert-alkyl or cyclic N) is 1. The van der Waals surface area contributed by atoms with E-state index in [0.717, 1.165) is 53.9 Å². The molecule has 1 saturated heterocycles. The normalized spacial score (nSPS) is 15.9. The van der Waals surface area contributed by atoms with Crippen LogP contribution in [0.4, 0.5) is 0 Å². The van der Waals surface area contributed by atoms with Crippen LogP contribution in [0.5, 0.6) is 5.75 Å². The molecule has 5 nitrogen and oxygen atoms in total. The van der Waals surface area contributed by atoms with Gasteiger partial charge in [0, 0.05) is 43.5 Å². The maximum absolute atomic E-state index is 10.7. The molecule has 2 heterocycles. The van der Waals surface area contributed by atoms with Crippen LogP contribution in [0.25, 0.3) is 21.9 Å². The lowest BCUT2D eigenvalue weighted by Crippen LogP contribution is -2.50. The molecule has 0 saturated carbocycles. The summed E-state index contributed by atoms with van der Waals surface area (Å²) in [4.78, 5) is 4.89. The summed E-state index contributed by atoms with van der Waals surface area (Å²) in [7, 11) is 0. The Hall–Kier alpha value is -3.64. The Kier molecular flexibility index (Phi) is 6.91. The Morgan fingerprint density at radius 2 is 1.32 bits per heavy atom. The Balaban J connectivity index is 1.05. The summed E-state index contributed by atoms with van der Waals surface area (Å²) in [6.07, 6.45) is -0.553. The van der Waals surface area contributed by atoms with E-state index in [1.54, 1.807) is 0 Å². The van der Waals surface area contributed by atoms with E-state index in [0.29, 0.717) is 6.54 Å². The number of aliphatic hydroxyl groups excluding tert-OH is 1. The van der Waals surface area contributed by atoms with E-state index in [1.807, 2.05) is 36.4 Å². The molecule has 6 rings (SSSR count). The van der Waals surface area contributed by atoms with Gasteiger partial charge in [-0.15, -0.1) is 0 Å². The Labute approximate surface area is 217 Å². The molecule has 0 aliphatic carbocycles. The van der Waals surface area contributed by atoms with Crippen LogP contribution < -0.4 is 4.74 Å². The number of nitrogens with zero attached hydrogens (tertiary/aromatic N) is 2. The Morgan fingerprint density at radius 1 is 0.703 bits per heavy atom. The van der Waals surface area contributed by atoms with Crippen LogP contribution in [0.3, 0.4) is 0 Å². The van der Waals surface area contributed by atoms with Crippen molar-refractivity contribution in [3.63, 3.8) is 0 Å². The van der Waals surface area contributed by atoms with Gasteiger partial charge < -0.3 is 14.3 Å². The number of hydrogen-bond donors (Lipinski definition) is 1. The zero-order valence-electron chi connectivity index (χ0n) is 20.9. The van der Waals surface area contributed by atoms with E-state index in [2.05, 4.69) is 76.5 Å². The standard InChI is InChI=1S/C32H32N2O3/c35-26(23-36-27-15-16-31-29(21-27)28-13-7-8-14-30(28)37-31)22-33-17-19-34(20-18-33)32(24-9-3-1-4-10-24)25-11-5-2-6-12-25/h1-16,21,26,32,35H,17-20,22-23H2. The van der Waals surface area contributed by atoms with Crippen molar-refractivity contribution in [1.82, 2.24) is 9.80 Å². The van der Waals surface area contributed by atoms with Gasteiger partial charge in [-0.3, -0.25) is 9.80 Å². The number of para-hydroxylation sites is 1. The molecule has 1 aromatic heterocycles. The van der Waals surface area contributed by atoms with E-state index in [-0.39, 0.29) is 12.6 Å². The SMILES string of the molecule is OC(COc1ccc2oc3ccccc3c2c1)CN1CCN(C(c2ccccc2)c2ccccc2)CC1. The number of ether oxygens (including phenoxy) is 1. The molecule has 1 N–H and O–H groups in total. The fourth-order valence-electron chi connectivity index (χ4n) is 5.43. The average Bonchev–Trinajstić information content (AvgIpc) is 3.32. The van der Waals surface area contributed by atoms with Crippen molar-refractivity contribution in [2.75, 3.05) is 39.3 Å². The lowest BCUT2D eigenvalue weighted by molar-refractivity contribution is 0.0401. The number of fused-ring (bicyclic) bond motifs is 3. The fraction of sp³-hybridized carbons (Fsp3) is 0.250. The molecular weight excluding hydrogens is 460 g/mol. The van der Waals surface area contributed by atoms with Gasteiger partial charge in [-0.25, -0.2) is 0 Å². The van der Waals surface area contributed by atoms with Crippen LogP contribution in [0, 0.1) is 0 Å². The Bertz CT molecular complexity index is 1400. The first kappa shape index (κ1) is 23.7. The minimum atomic E-state index is -0.553. The third-order valence-electron chi connectivity index (χ3n) is 7.26. The van der Waals surface area contributed by atoms with Crippen molar-refractivity contribution in [3.05, 3.63) is 114 Å². The second kappa shape index (κ2) is 10.8. The predicted octanol–water partition coefficient (Wildman–Crippen LogP) is 5.73. The summed E-state index contributed by atoms with van der Waals surface area (Å²) >= 11 is 0. The number of benzene rings is 4. The molecule has 1 fully saturated rings. The number of rotatable bonds is 8. The molecule has 1 atom stereocenters. The third kappa shape index (κ3) is 5.25. The van der Waals surface area contributed by atoms with Gasteiger partial charge in [-0.05, 0) is 35.4 Å². The molecule has 1 unspecified atom stereocenters. The molecule has 4 aromatic carbocycles. The first-order valence-corrected chi connectivity index (χ1v) is 13.0. The number of hydrogen-bond acceptors (Lipinski definition) is 5. The highest BCUT2D eigenvalue weighted by atomic mass is 16.5. The molecule has 37 heavy (non-hydrogen) atoms. The summed E-state index contributed by atoms with van der Waals surface area (Å²) in [6.45, 7) is 4.60. The van der Waals surface area contributed by atoms with Crippen LogP contribution in [0.15, 0.2) is 108 Å². The van der Waals surface area contributed by atoms with E-state index in [9.17, 15) is 5.11 Å². The van der Waals surface area contributed by atoms with Crippen molar-refractivity contribution in [1.29, 1.82) is 0 Å². The first-order chi connectivity index (χ1) is 18.2. The molecule has 1 aliphatic heterocycles. The summed E-state index contributed by atoms with van der Waals surface area (Å²) in [5, 5.41) is 12.8. The summed E-state index contributed by atoms with van der Waals surface area (Å²) < 4.78 is 11.9. The van der Waals surface area contributed by atoms with Gasteiger partial charge in [-0.1, -0.05) is 78.9 Å². The topological polar surface area (TPSA) is 49.1 Å². The lowest BCUT2D eigenvalue weighted by Gasteiger charge is -2.40. The quantitative estimate of drug-likeness (QED) is 0.300. The van der Waals surface area contributed by atoms with Crippen LogP contribution in [-0.2, 0) is 0 Å². The van der Waals surface area contributed by atoms with Gasteiger partial charge in [0.2, 0.25) is 0 Å². The smallest absolute Gasteiger partial charge is 0.135 e. The molecule has 0 radical (unpaired) electrons. The maximum atomic E-state index is 10.7. The molecular formula is C32H32N2O3. The zero-order chi connectivity index (χ0) is 25.0. The van der Waals surface area contributed by atoms with Gasteiger partial charge in [0.15, 0.2) is 0 Å². The largest absolute Gasteiger partial charge is 0.491 e. The highest BCUT2D eigenvalue weighted by Crippen LogP contribution is 2.32. The Morgan fingerprint density at radius 3 is 2.03 bits per heavy atom.